The second-order valence-corrected chi connectivity index (χ2v) is 4.91. The van der Waals surface area contributed by atoms with Gasteiger partial charge in [0.15, 0.2) is 0 Å². The Kier molecular flexibility index (Phi) is 6.87. The minimum Gasteiger partial charge on any atom is -0.490 e. The van der Waals surface area contributed by atoms with Crippen LogP contribution in [-0.4, -0.2) is 29.6 Å². The third-order valence-electron chi connectivity index (χ3n) is 3.04. The number of benzene rings is 1. The number of amides is 2. The molecule has 0 saturated carbocycles. The quantitative estimate of drug-likeness (QED) is 0.345. The molecule has 128 valence electrons. The molecule has 0 unspecified atom stereocenters. The maximum atomic E-state index is 11.7. The Hall–Kier alpha value is -3.48. The fraction of sp³-hybridized carbons (Fsp3) is 0.111. The first-order valence-electron chi connectivity index (χ1n) is 7.53. The molecule has 2 aromatic rings. The topological polar surface area (TPSA) is 92.7 Å². The van der Waals surface area contributed by atoms with Crippen molar-refractivity contribution in [2.24, 2.45) is 5.10 Å². The van der Waals surface area contributed by atoms with E-state index in [0.29, 0.717) is 12.4 Å². The molecule has 2 N–H and O–H groups in total. The number of nitrogens with zero attached hydrogens (tertiary/aromatic N) is 2. The molecule has 2 rings (SSSR count). The monoisotopic (exact) mass is 338 g/mol. The molecular weight excluding hydrogens is 320 g/mol. The molecular formula is C18H18N4O3. The number of aromatic nitrogens is 1. The number of rotatable bonds is 7. The van der Waals surface area contributed by atoms with Crippen LogP contribution in [0.3, 0.4) is 0 Å². The molecule has 25 heavy (non-hydrogen) atoms. The number of carbonyl (C=O) groups excluding carboxylic acids is 2. The number of pyridine rings is 1. The Balaban J connectivity index is 1.77. The summed E-state index contributed by atoms with van der Waals surface area (Å²) in [4.78, 5) is 27.2. The lowest BCUT2D eigenvalue weighted by Gasteiger charge is -2.04. The lowest BCUT2D eigenvalue weighted by atomic mass is 10.2. The second kappa shape index (κ2) is 9.61. The van der Waals surface area contributed by atoms with Gasteiger partial charge in [0.1, 0.15) is 12.4 Å². The summed E-state index contributed by atoms with van der Waals surface area (Å²) in [5, 5.41) is 6.25. The highest BCUT2D eigenvalue weighted by molar-refractivity contribution is 6.35. The molecule has 1 heterocycles. The Morgan fingerprint density at radius 3 is 2.52 bits per heavy atom. The van der Waals surface area contributed by atoms with Crippen LogP contribution in [0.5, 0.6) is 5.75 Å². The Morgan fingerprint density at radius 1 is 1.12 bits per heavy atom. The zero-order valence-corrected chi connectivity index (χ0v) is 13.5. The van der Waals surface area contributed by atoms with Crippen LogP contribution < -0.4 is 15.5 Å². The van der Waals surface area contributed by atoms with Crippen LogP contribution in [0.15, 0.2) is 66.5 Å². The second-order valence-electron chi connectivity index (χ2n) is 4.91. The molecule has 1 aromatic carbocycles. The molecule has 1 aromatic heterocycles. The third kappa shape index (κ3) is 6.26. The molecule has 7 heteroatoms. The van der Waals surface area contributed by atoms with Gasteiger partial charge in [-0.3, -0.25) is 14.6 Å². The summed E-state index contributed by atoms with van der Waals surface area (Å²) in [6, 6.07) is 10.6. The van der Waals surface area contributed by atoms with Gasteiger partial charge in [0.05, 0.1) is 6.21 Å². The van der Waals surface area contributed by atoms with Gasteiger partial charge in [0.2, 0.25) is 0 Å². The lowest BCUT2D eigenvalue weighted by molar-refractivity contribution is -0.139. The summed E-state index contributed by atoms with van der Waals surface area (Å²) in [5.41, 5.74) is 3.78. The average molecular weight is 338 g/mol. The molecule has 7 nitrogen and oxygen atoms in total. The molecule has 0 aliphatic heterocycles. The van der Waals surface area contributed by atoms with Crippen LogP contribution in [0.2, 0.25) is 0 Å². The van der Waals surface area contributed by atoms with Crippen LogP contribution in [0.25, 0.3) is 0 Å². The number of ether oxygens (including phenoxy) is 1. The van der Waals surface area contributed by atoms with Gasteiger partial charge in [-0.1, -0.05) is 12.7 Å². The van der Waals surface area contributed by atoms with Crippen molar-refractivity contribution in [2.75, 3.05) is 6.61 Å². The van der Waals surface area contributed by atoms with Crippen molar-refractivity contribution >= 4 is 18.0 Å². The van der Waals surface area contributed by atoms with Crippen molar-refractivity contribution in [1.82, 2.24) is 15.7 Å². The molecule has 0 atom stereocenters. The lowest BCUT2D eigenvalue weighted by Crippen LogP contribution is -2.37. The van der Waals surface area contributed by atoms with Gasteiger partial charge in [-0.05, 0) is 47.5 Å². The summed E-state index contributed by atoms with van der Waals surface area (Å²) in [7, 11) is 0. The van der Waals surface area contributed by atoms with Crippen LogP contribution in [-0.2, 0) is 16.1 Å². The molecule has 0 fully saturated rings. The van der Waals surface area contributed by atoms with E-state index in [2.05, 4.69) is 27.4 Å². The number of hydrogen-bond acceptors (Lipinski definition) is 5. The third-order valence-corrected chi connectivity index (χ3v) is 3.04. The van der Waals surface area contributed by atoms with E-state index in [-0.39, 0.29) is 6.54 Å². The highest BCUT2D eigenvalue weighted by Crippen LogP contribution is 2.10. The van der Waals surface area contributed by atoms with Gasteiger partial charge in [-0.25, -0.2) is 5.43 Å². The van der Waals surface area contributed by atoms with Crippen molar-refractivity contribution < 1.29 is 14.3 Å². The van der Waals surface area contributed by atoms with Crippen molar-refractivity contribution in [3.63, 3.8) is 0 Å². The van der Waals surface area contributed by atoms with Crippen LogP contribution in [0.1, 0.15) is 11.1 Å². The fourth-order valence-electron chi connectivity index (χ4n) is 1.78. The highest BCUT2D eigenvalue weighted by Gasteiger charge is 2.11. The summed E-state index contributed by atoms with van der Waals surface area (Å²) >= 11 is 0. The normalized spacial score (nSPS) is 10.2. The first-order valence-corrected chi connectivity index (χ1v) is 7.53. The molecule has 0 spiro atoms. The van der Waals surface area contributed by atoms with E-state index in [0.717, 1.165) is 11.1 Å². The van der Waals surface area contributed by atoms with Crippen molar-refractivity contribution in [1.29, 1.82) is 0 Å². The minimum atomic E-state index is -0.837. The van der Waals surface area contributed by atoms with E-state index in [1.165, 1.54) is 6.21 Å². The van der Waals surface area contributed by atoms with E-state index in [1.807, 2.05) is 0 Å². The van der Waals surface area contributed by atoms with Crippen LogP contribution >= 0.6 is 0 Å². The van der Waals surface area contributed by atoms with E-state index in [9.17, 15) is 9.59 Å². The summed E-state index contributed by atoms with van der Waals surface area (Å²) in [6.45, 7) is 4.24. The smallest absolute Gasteiger partial charge is 0.329 e. The molecule has 0 aliphatic carbocycles. The Morgan fingerprint density at radius 2 is 1.84 bits per heavy atom. The van der Waals surface area contributed by atoms with Gasteiger partial charge in [0.25, 0.3) is 0 Å². The zero-order valence-electron chi connectivity index (χ0n) is 13.5. The summed E-state index contributed by atoms with van der Waals surface area (Å²) in [6.07, 6.45) is 6.31. The maximum absolute atomic E-state index is 11.7. The van der Waals surface area contributed by atoms with Gasteiger partial charge in [0, 0.05) is 18.9 Å². The van der Waals surface area contributed by atoms with Crippen molar-refractivity contribution in [2.45, 2.75) is 6.54 Å². The van der Waals surface area contributed by atoms with Gasteiger partial charge in [-0.15, -0.1) is 0 Å². The molecule has 0 saturated heterocycles. The molecule has 0 radical (unpaired) electrons. The number of hydrogen-bond donors (Lipinski definition) is 2. The molecule has 2 amide bonds. The van der Waals surface area contributed by atoms with E-state index >= 15 is 0 Å². The standard InChI is InChI=1S/C18H18N4O3/c1-2-11-25-16-5-3-14(4-6-16)13-21-22-18(24)17(23)20-12-15-7-9-19-10-8-15/h2-10,13H,1,11-12H2,(H,20,23)(H,22,24)/b21-13-. The van der Waals surface area contributed by atoms with E-state index in [4.69, 9.17) is 4.74 Å². The predicted octanol–water partition coefficient (Wildman–Crippen LogP) is 1.41. The molecule has 0 bridgehead atoms. The van der Waals surface area contributed by atoms with E-state index < -0.39 is 11.8 Å². The largest absolute Gasteiger partial charge is 0.490 e. The maximum Gasteiger partial charge on any atom is 0.329 e. The summed E-state index contributed by atoms with van der Waals surface area (Å²) in [5.74, 6) is -0.894. The van der Waals surface area contributed by atoms with Gasteiger partial charge >= 0.3 is 11.8 Å². The first kappa shape index (κ1) is 17.9. The number of hydrazone groups is 1. The predicted molar refractivity (Wildman–Crippen MR) is 94.0 cm³/mol. The molecule has 0 aliphatic rings. The SMILES string of the molecule is C=CCOc1ccc(/C=N\NC(=O)C(=O)NCc2ccncc2)cc1. The highest BCUT2D eigenvalue weighted by atomic mass is 16.5. The minimum absolute atomic E-state index is 0.241. The number of nitrogens with one attached hydrogen (secondary N) is 2. The van der Waals surface area contributed by atoms with Gasteiger partial charge < -0.3 is 10.1 Å². The average Bonchev–Trinajstić information content (AvgIpc) is 2.66. The summed E-state index contributed by atoms with van der Waals surface area (Å²) < 4.78 is 5.36. The first-order chi connectivity index (χ1) is 12.2. The number of carbonyl (C=O) groups is 2. The van der Waals surface area contributed by atoms with E-state index in [1.54, 1.807) is 54.9 Å². The van der Waals surface area contributed by atoms with Gasteiger partial charge in [-0.2, -0.15) is 5.10 Å². The fourth-order valence-corrected chi connectivity index (χ4v) is 1.78. The Bertz CT molecular complexity index is 743. The Labute approximate surface area is 145 Å². The van der Waals surface area contributed by atoms with Crippen LogP contribution in [0.4, 0.5) is 0 Å². The van der Waals surface area contributed by atoms with Crippen LogP contribution in [0, 0.1) is 0 Å². The zero-order chi connectivity index (χ0) is 17.9. The van der Waals surface area contributed by atoms with Crippen molar-refractivity contribution in [3.8, 4) is 5.75 Å². The van der Waals surface area contributed by atoms with Crippen molar-refractivity contribution in [3.05, 3.63) is 72.6 Å².